The van der Waals surface area contributed by atoms with E-state index in [0.717, 1.165) is 6.07 Å². The molecular formula is C17H18FNO5S. The number of hydrogen-bond donors (Lipinski definition) is 1. The molecule has 0 saturated heterocycles. The van der Waals surface area contributed by atoms with Crippen molar-refractivity contribution in [1.29, 1.82) is 0 Å². The predicted octanol–water partition coefficient (Wildman–Crippen LogP) is 2.05. The third-order valence-corrected chi connectivity index (χ3v) is 5.20. The van der Waals surface area contributed by atoms with Gasteiger partial charge in [0, 0.05) is 12.6 Å². The standard InChI is InChI=1S/C17H18FNO5S/c1-23-15-8-7-12(11-16(15)24-2)25(21,22)10-9-19-17(20)13-5-3-4-6-14(13)18/h3-8,11H,9-10H2,1-2H3,(H,19,20). The highest BCUT2D eigenvalue weighted by molar-refractivity contribution is 7.91. The van der Waals surface area contributed by atoms with Gasteiger partial charge in [-0.05, 0) is 24.3 Å². The number of amides is 1. The fourth-order valence-electron chi connectivity index (χ4n) is 2.17. The van der Waals surface area contributed by atoms with Crippen molar-refractivity contribution in [2.75, 3.05) is 26.5 Å². The molecule has 0 aliphatic carbocycles. The molecule has 0 aliphatic heterocycles. The van der Waals surface area contributed by atoms with E-state index >= 15 is 0 Å². The van der Waals surface area contributed by atoms with Crippen LogP contribution in [0.2, 0.25) is 0 Å². The van der Waals surface area contributed by atoms with E-state index in [4.69, 9.17) is 9.47 Å². The van der Waals surface area contributed by atoms with Crippen LogP contribution >= 0.6 is 0 Å². The second-order valence-corrected chi connectivity index (χ2v) is 7.18. The maximum absolute atomic E-state index is 13.5. The molecule has 2 rings (SSSR count). The van der Waals surface area contributed by atoms with Crippen LogP contribution in [-0.2, 0) is 9.84 Å². The van der Waals surface area contributed by atoms with E-state index < -0.39 is 21.6 Å². The maximum Gasteiger partial charge on any atom is 0.254 e. The number of ether oxygens (including phenoxy) is 2. The lowest BCUT2D eigenvalue weighted by atomic mass is 10.2. The molecule has 0 spiro atoms. The van der Waals surface area contributed by atoms with Crippen LogP contribution < -0.4 is 14.8 Å². The number of nitrogens with one attached hydrogen (secondary N) is 1. The van der Waals surface area contributed by atoms with Crippen LogP contribution in [0.4, 0.5) is 4.39 Å². The third kappa shape index (κ3) is 4.48. The Kier molecular flexibility index (Phi) is 5.97. The molecule has 0 aliphatic rings. The smallest absolute Gasteiger partial charge is 0.254 e. The number of carbonyl (C=O) groups is 1. The number of rotatable bonds is 7. The molecule has 6 nitrogen and oxygen atoms in total. The van der Waals surface area contributed by atoms with Crippen molar-refractivity contribution in [3.63, 3.8) is 0 Å². The molecule has 0 unspecified atom stereocenters. The molecule has 0 bridgehead atoms. The highest BCUT2D eigenvalue weighted by Gasteiger charge is 2.18. The fourth-order valence-corrected chi connectivity index (χ4v) is 3.34. The summed E-state index contributed by atoms with van der Waals surface area (Å²) in [5.41, 5.74) is -0.133. The molecule has 2 aromatic carbocycles. The number of methoxy groups -OCH3 is 2. The van der Waals surface area contributed by atoms with Gasteiger partial charge in [-0.25, -0.2) is 12.8 Å². The lowest BCUT2D eigenvalue weighted by Gasteiger charge is -2.11. The first-order chi connectivity index (χ1) is 11.9. The normalized spacial score (nSPS) is 11.0. The van der Waals surface area contributed by atoms with Crippen LogP contribution in [0.25, 0.3) is 0 Å². The number of carbonyl (C=O) groups excluding carboxylic acids is 1. The second-order valence-electron chi connectivity index (χ2n) is 5.07. The summed E-state index contributed by atoms with van der Waals surface area (Å²) in [6.45, 7) is -0.149. The molecule has 134 valence electrons. The molecule has 0 fully saturated rings. The zero-order valence-electron chi connectivity index (χ0n) is 13.8. The van der Waals surface area contributed by atoms with Crippen molar-refractivity contribution < 1.29 is 27.1 Å². The number of benzene rings is 2. The Hall–Kier alpha value is -2.61. The van der Waals surface area contributed by atoms with E-state index in [0.29, 0.717) is 11.5 Å². The Bertz CT molecular complexity index is 867. The van der Waals surface area contributed by atoms with Gasteiger partial charge in [0.2, 0.25) is 0 Å². The molecule has 0 heterocycles. The third-order valence-electron chi connectivity index (χ3n) is 3.49. The van der Waals surface area contributed by atoms with Gasteiger partial charge < -0.3 is 14.8 Å². The van der Waals surface area contributed by atoms with Gasteiger partial charge >= 0.3 is 0 Å². The minimum atomic E-state index is -3.65. The van der Waals surface area contributed by atoms with Crippen LogP contribution in [0.5, 0.6) is 11.5 Å². The number of hydrogen-bond acceptors (Lipinski definition) is 5. The first-order valence-electron chi connectivity index (χ1n) is 7.36. The first-order valence-corrected chi connectivity index (χ1v) is 9.02. The van der Waals surface area contributed by atoms with Gasteiger partial charge in [0.1, 0.15) is 5.82 Å². The molecular weight excluding hydrogens is 349 g/mol. The summed E-state index contributed by atoms with van der Waals surface area (Å²) in [4.78, 5) is 11.9. The Morgan fingerprint density at radius 2 is 1.76 bits per heavy atom. The molecule has 0 radical (unpaired) electrons. The second kappa shape index (κ2) is 7.98. The van der Waals surface area contributed by atoms with Crippen LogP contribution in [0.1, 0.15) is 10.4 Å². The van der Waals surface area contributed by atoms with Gasteiger partial charge in [0.05, 0.1) is 30.4 Å². The van der Waals surface area contributed by atoms with Crippen LogP contribution in [-0.4, -0.2) is 40.8 Å². The van der Waals surface area contributed by atoms with Gasteiger partial charge in [-0.2, -0.15) is 0 Å². The van der Waals surface area contributed by atoms with E-state index in [1.54, 1.807) is 0 Å². The predicted molar refractivity (Wildman–Crippen MR) is 90.3 cm³/mol. The quantitative estimate of drug-likeness (QED) is 0.810. The zero-order chi connectivity index (χ0) is 18.4. The Labute approximate surface area is 145 Å². The minimum Gasteiger partial charge on any atom is -0.493 e. The first kappa shape index (κ1) is 18.7. The van der Waals surface area contributed by atoms with Gasteiger partial charge in [-0.15, -0.1) is 0 Å². The van der Waals surface area contributed by atoms with Crippen LogP contribution in [0, 0.1) is 5.82 Å². The lowest BCUT2D eigenvalue weighted by Crippen LogP contribution is -2.29. The average Bonchev–Trinajstić information content (AvgIpc) is 2.61. The SMILES string of the molecule is COc1ccc(S(=O)(=O)CCNC(=O)c2ccccc2F)cc1OC. The summed E-state index contributed by atoms with van der Waals surface area (Å²) in [7, 11) is -0.796. The summed E-state index contributed by atoms with van der Waals surface area (Å²) in [5, 5.41) is 2.40. The lowest BCUT2D eigenvalue weighted by molar-refractivity contribution is 0.0952. The van der Waals surface area contributed by atoms with Crippen molar-refractivity contribution in [3.05, 3.63) is 53.8 Å². The summed E-state index contributed by atoms with van der Waals surface area (Å²) < 4.78 is 48.4. The molecule has 0 aromatic heterocycles. The topological polar surface area (TPSA) is 81.7 Å². The van der Waals surface area contributed by atoms with E-state index in [9.17, 15) is 17.6 Å². The highest BCUT2D eigenvalue weighted by atomic mass is 32.2. The molecule has 0 atom stereocenters. The van der Waals surface area contributed by atoms with Crippen molar-refractivity contribution in [2.45, 2.75) is 4.90 Å². The van der Waals surface area contributed by atoms with Crippen molar-refractivity contribution >= 4 is 15.7 Å². The molecule has 1 N–H and O–H groups in total. The van der Waals surface area contributed by atoms with E-state index in [1.165, 1.54) is 50.6 Å². The zero-order valence-corrected chi connectivity index (χ0v) is 14.6. The molecule has 2 aromatic rings. The monoisotopic (exact) mass is 367 g/mol. The Balaban J connectivity index is 2.05. The number of halogens is 1. The molecule has 0 saturated carbocycles. The summed E-state index contributed by atoms with van der Waals surface area (Å²) in [6, 6.07) is 9.72. The van der Waals surface area contributed by atoms with E-state index in [-0.39, 0.29) is 22.8 Å². The highest BCUT2D eigenvalue weighted by Crippen LogP contribution is 2.29. The maximum atomic E-state index is 13.5. The van der Waals surface area contributed by atoms with E-state index in [2.05, 4.69) is 5.32 Å². The van der Waals surface area contributed by atoms with Gasteiger partial charge in [-0.3, -0.25) is 4.79 Å². The Morgan fingerprint density at radius 3 is 2.40 bits per heavy atom. The summed E-state index contributed by atoms with van der Waals surface area (Å²) in [6.07, 6.45) is 0. The minimum absolute atomic E-state index is 0.0466. The van der Waals surface area contributed by atoms with Crippen molar-refractivity contribution in [3.8, 4) is 11.5 Å². The molecule has 8 heteroatoms. The summed E-state index contributed by atoms with van der Waals surface area (Å²) >= 11 is 0. The largest absolute Gasteiger partial charge is 0.493 e. The van der Waals surface area contributed by atoms with Crippen LogP contribution in [0.15, 0.2) is 47.4 Å². The molecule has 25 heavy (non-hydrogen) atoms. The van der Waals surface area contributed by atoms with E-state index in [1.807, 2.05) is 0 Å². The average molecular weight is 367 g/mol. The van der Waals surface area contributed by atoms with Crippen molar-refractivity contribution in [1.82, 2.24) is 5.32 Å². The van der Waals surface area contributed by atoms with Gasteiger partial charge in [0.15, 0.2) is 21.3 Å². The fraction of sp³-hybridized carbons (Fsp3) is 0.235. The van der Waals surface area contributed by atoms with Gasteiger partial charge in [0.25, 0.3) is 5.91 Å². The Morgan fingerprint density at radius 1 is 1.08 bits per heavy atom. The summed E-state index contributed by atoms with van der Waals surface area (Å²) in [5.74, 6) is -0.959. The molecule has 1 amide bonds. The van der Waals surface area contributed by atoms with Crippen LogP contribution in [0.3, 0.4) is 0 Å². The van der Waals surface area contributed by atoms with Gasteiger partial charge in [-0.1, -0.05) is 12.1 Å². The number of sulfone groups is 1. The van der Waals surface area contributed by atoms with Crippen molar-refractivity contribution in [2.24, 2.45) is 0 Å².